The number of hydrogen-bond acceptors (Lipinski definition) is 5. The average Bonchev–Trinajstić information content (AvgIpc) is 2.80. The predicted molar refractivity (Wildman–Crippen MR) is 120 cm³/mol. The van der Waals surface area contributed by atoms with Gasteiger partial charge in [-0.25, -0.2) is 0 Å². The molecule has 156 valence electrons. The van der Waals surface area contributed by atoms with Gasteiger partial charge >= 0.3 is 0 Å². The zero-order chi connectivity index (χ0) is 21.8. The number of carbonyl (C=O) groups is 1. The minimum atomic E-state index is -0.298. The van der Waals surface area contributed by atoms with Gasteiger partial charge in [-0.15, -0.1) is 0 Å². The fourth-order valence-corrected chi connectivity index (χ4v) is 3.23. The molecule has 0 aliphatic carbocycles. The van der Waals surface area contributed by atoms with Crippen molar-refractivity contribution >= 4 is 22.6 Å². The summed E-state index contributed by atoms with van der Waals surface area (Å²) < 4.78 is 16.5. The summed E-state index contributed by atoms with van der Waals surface area (Å²) in [7, 11) is 1.54. The van der Waals surface area contributed by atoms with E-state index in [4.69, 9.17) is 13.9 Å². The van der Waals surface area contributed by atoms with E-state index in [0.717, 1.165) is 11.3 Å². The number of carbonyl (C=O) groups excluding carboxylic acids is 1. The molecule has 1 amide bonds. The molecule has 0 unspecified atom stereocenters. The van der Waals surface area contributed by atoms with Crippen LogP contribution in [0.15, 0.2) is 82.0 Å². The number of benzene rings is 3. The molecule has 0 aliphatic heterocycles. The van der Waals surface area contributed by atoms with Gasteiger partial charge in [-0.05, 0) is 67.6 Å². The first-order chi connectivity index (χ1) is 15.1. The number of ether oxygens (including phenoxy) is 2. The lowest BCUT2D eigenvalue weighted by Gasteiger charge is -2.09. The second-order valence-corrected chi connectivity index (χ2v) is 6.83. The Morgan fingerprint density at radius 3 is 2.52 bits per heavy atom. The lowest BCUT2D eigenvalue weighted by atomic mass is 10.1. The standard InChI is InChI=1S/C25H21NO5/c1-3-30-19-10-7-16(8-11-19)24-15-22(27)21-14-18(9-12-23(21)31-24)26-25(28)17-5-4-6-20(13-17)29-2/h4-15H,3H2,1-2H3,(H,26,28). The molecule has 1 N–H and O–H groups in total. The number of methoxy groups -OCH3 is 1. The van der Waals surface area contributed by atoms with E-state index < -0.39 is 0 Å². The van der Waals surface area contributed by atoms with Crippen LogP contribution in [0.2, 0.25) is 0 Å². The third-order valence-corrected chi connectivity index (χ3v) is 4.77. The molecule has 6 heteroatoms. The molecule has 0 fully saturated rings. The van der Waals surface area contributed by atoms with Crippen LogP contribution < -0.4 is 20.2 Å². The summed E-state index contributed by atoms with van der Waals surface area (Å²) in [5, 5.41) is 3.19. The van der Waals surface area contributed by atoms with Gasteiger partial charge in [0.1, 0.15) is 22.8 Å². The molecule has 31 heavy (non-hydrogen) atoms. The van der Waals surface area contributed by atoms with Crippen molar-refractivity contribution in [3.63, 3.8) is 0 Å². The Balaban J connectivity index is 1.61. The average molecular weight is 415 g/mol. The summed E-state index contributed by atoms with van der Waals surface area (Å²) >= 11 is 0. The van der Waals surface area contributed by atoms with Crippen LogP contribution in [-0.4, -0.2) is 19.6 Å². The highest BCUT2D eigenvalue weighted by molar-refractivity contribution is 6.05. The highest BCUT2D eigenvalue weighted by Crippen LogP contribution is 2.26. The second kappa shape index (κ2) is 8.75. The number of amides is 1. The molecular formula is C25H21NO5. The topological polar surface area (TPSA) is 77.8 Å². The molecule has 0 aliphatic rings. The van der Waals surface area contributed by atoms with Gasteiger partial charge in [-0.3, -0.25) is 9.59 Å². The third kappa shape index (κ3) is 4.43. The molecule has 0 saturated heterocycles. The molecule has 0 saturated carbocycles. The first kappa shape index (κ1) is 20.2. The molecule has 0 bridgehead atoms. The molecule has 1 heterocycles. The summed E-state index contributed by atoms with van der Waals surface area (Å²) in [4.78, 5) is 25.3. The minimum Gasteiger partial charge on any atom is -0.497 e. The van der Waals surface area contributed by atoms with Crippen molar-refractivity contribution in [1.29, 1.82) is 0 Å². The minimum absolute atomic E-state index is 0.192. The van der Waals surface area contributed by atoms with Crippen molar-refractivity contribution in [2.75, 3.05) is 19.0 Å². The van der Waals surface area contributed by atoms with E-state index in [-0.39, 0.29) is 11.3 Å². The Morgan fingerprint density at radius 2 is 1.77 bits per heavy atom. The Hall–Kier alpha value is -4.06. The molecule has 4 rings (SSSR count). The maximum absolute atomic E-state index is 12.7. The fourth-order valence-electron chi connectivity index (χ4n) is 3.23. The van der Waals surface area contributed by atoms with Gasteiger partial charge in [-0.1, -0.05) is 6.07 Å². The van der Waals surface area contributed by atoms with Crippen LogP contribution in [0.1, 0.15) is 17.3 Å². The SMILES string of the molecule is CCOc1ccc(-c2cc(=O)c3cc(NC(=O)c4cccc(OC)c4)ccc3o2)cc1. The summed E-state index contributed by atoms with van der Waals surface area (Å²) in [5.74, 6) is 1.52. The number of rotatable bonds is 6. The van der Waals surface area contributed by atoms with Gasteiger partial charge in [0.2, 0.25) is 0 Å². The Morgan fingerprint density at radius 1 is 0.968 bits per heavy atom. The van der Waals surface area contributed by atoms with Crippen LogP contribution in [0.25, 0.3) is 22.3 Å². The van der Waals surface area contributed by atoms with E-state index in [2.05, 4.69) is 5.32 Å². The van der Waals surface area contributed by atoms with Crippen LogP contribution in [-0.2, 0) is 0 Å². The maximum Gasteiger partial charge on any atom is 0.255 e. The molecular weight excluding hydrogens is 394 g/mol. The second-order valence-electron chi connectivity index (χ2n) is 6.83. The molecule has 0 spiro atoms. The number of hydrogen-bond donors (Lipinski definition) is 1. The van der Waals surface area contributed by atoms with Crippen molar-refractivity contribution in [2.45, 2.75) is 6.92 Å². The summed E-state index contributed by atoms with van der Waals surface area (Å²) in [6.45, 7) is 2.50. The van der Waals surface area contributed by atoms with Crippen molar-refractivity contribution in [1.82, 2.24) is 0 Å². The number of fused-ring (bicyclic) bond motifs is 1. The summed E-state index contributed by atoms with van der Waals surface area (Å²) in [5.41, 5.74) is 1.98. The monoisotopic (exact) mass is 415 g/mol. The molecule has 0 atom stereocenters. The zero-order valence-electron chi connectivity index (χ0n) is 17.2. The van der Waals surface area contributed by atoms with E-state index in [0.29, 0.717) is 40.3 Å². The molecule has 6 nitrogen and oxygen atoms in total. The van der Waals surface area contributed by atoms with Crippen LogP contribution in [0, 0.1) is 0 Å². The summed E-state index contributed by atoms with van der Waals surface area (Å²) in [6.07, 6.45) is 0. The molecule has 4 aromatic rings. The van der Waals surface area contributed by atoms with Gasteiger partial charge in [-0.2, -0.15) is 0 Å². The quantitative estimate of drug-likeness (QED) is 0.473. The number of anilines is 1. The lowest BCUT2D eigenvalue weighted by molar-refractivity contribution is 0.102. The highest BCUT2D eigenvalue weighted by atomic mass is 16.5. The van der Waals surface area contributed by atoms with Gasteiger partial charge in [0, 0.05) is 22.9 Å². The smallest absolute Gasteiger partial charge is 0.255 e. The molecule has 3 aromatic carbocycles. The number of nitrogens with one attached hydrogen (secondary N) is 1. The maximum atomic E-state index is 12.7. The lowest BCUT2D eigenvalue weighted by Crippen LogP contribution is -2.12. The van der Waals surface area contributed by atoms with Crippen LogP contribution in [0.4, 0.5) is 5.69 Å². The van der Waals surface area contributed by atoms with E-state index in [1.165, 1.54) is 6.07 Å². The van der Waals surface area contributed by atoms with Crippen molar-refractivity contribution < 1.29 is 18.7 Å². The summed E-state index contributed by atoms with van der Waals surface area (Å²) in [6, 6.07) is 20.6. The van der Waals surface area contributed by atoms with Crippen molar-refractivity contribution in [3.8, 4) is 22.8 Å². The van der Waals surface area contributed by atoms with Gasteiger partial charge in [0.15, 0.2) is 5.43 Å². The van der Waals surface area contributed by atoms with Crippen LogP contribution >= 0.6 is 0 Å². The van der Waals surface area contributed by atoms with Gasteiger partial charge < -0.3 is 19.2 Å². The van der Waals surface area contributed by atoms with Gasteiger partial charge in [0.05, 0.1) is 19.1 Å². The van der Waals surface area contributed by atoms with E-state index in [1.54, 1.807) is 49.6 Å². The Kier molecular flexibility index (Phi) is 5.71. The largest absolute Gasteiger partial charge is 0.497 e. The van der Waals surface area contributed by atoms with Crippen molar-refractivity contribution in [2.24, 2.45) is 0 Å². The molecule has 0 radical (unpaired) electrons. The van der Waals surface area contributed by atoms with E-state index in [1.807, 2.05) is 31.2 Å². The fraction of sp³-hybridized carbons (Fsp3) is 0.120. The zero-order valence-corrected chi connectivity index (χ0v) is 17.2. The van der Waals surface area contributed by atoms with E-state index in [9.17, 15) is 9.59 Å². The van der Waals surface area contributed by atoms with Crippen LogP contribution in [0.3, 0.4) is 0 Å². The Bertz CT molecular complexity index is 1290. The van der Waals surface area contributed by atoms with Gasteiger partial charge in [0.25, 0.3) is 5.91 Å². The predicted octanol–water partition coefficient (Wildman–Crippen LogP) is 5.12. The Labute approximate surface area is 179 Å². The third-order valence-electron chi connectivity index (χ3n) is 4.77. The van der Waals surface area contributed by atoms with E-state index >= 15 is 0 Å². The first-order valence-electron chi connectivity index (χ1n) is 9.84. The van der Waals surface area contributed by atoms with Crippen LogP contribution in [0.5, 0.6) is 11.5 Å². The highest BCUT2D eigenvalue weighted by Gasteiger charge is 2.11. The van der Waals surface area contributed by atoms with Crippen molar-refractivity contribution in [3.05, 3.63) is 88.6 Å². The first-order valence-corrected chi connectivity index (χ1v) is 9.84. The normalized spacial score (nSPS) is 10.6. The molecule has 1 aromatic heterocycles.